The molecular formula is C19H29NO. The zero-order valence-electron chi connectivity index (χ0n) is 13.7. The van der Waals surface area contributed by atoms with Crippen molar-refractivity contribution >= 4 is 0 Å². The zero-order chi connectivity index (χ0) is 15.0. The summed E-state index contributed by atoms with van der Waals surface area (Å²) in [6.07, 6.45) is 7.53. The van der Waals surface area contributed by atoms with Crippen molar-refractivity contribution in [2.75, 3.05) is 0 Å². The predicted octanol–water partition coefficient (Wildman–Crippen LogP) is 3.61. The molecular weight excluding hydrogens is 258 g/mol. The van der Waals surface area contributed by atoms with Gasteiger partial charge >= 0.3 is 0 Å². The first-order valence-corrected chi connectivity index (χ1v) is 8.67. The molecule has 1 aromatic rings. The molecule has 2 heteroatoms. The number of aryl methyl sites for hydroxylation is 3. The summed E-state index contributed by atoms with van der Waals surface area (Å²) in [6, 6.07) is 5.56. The third-order valence-electron chi connectivity index (χ3n) is 5.42. The molecule has 2 nitrogen and oxygen atoms in total. The minimum Gasteiger partial charge on any atom is -0.385 e. The number of benzene rings is 1. The lowest BCUT2D eigenvalue weighted by atomic mass is 9.71. The molecule has 2 atom stereocenters. The molecule has 2 aliphatic heterocycles. The normalized spacial score (nSPS) is 32.2. The number of fused-ring (bicyclic) bond motifs is 2. The highest BCUT2D eigenvalue weighted by Gasteiger charge is 2.43. The zero-order valence-corrected chi connectivity index (χ0v) is 13.7. The quantitative estimate of drug-likeness (QED) is 0.890. The van der Waals surface area contributed by atoms with Gasteiger partial charge in [0.05, 0.1) is 5.60 Å². The number of hydrogen-bond donors (Lipinski definition) is 2. The third-order valence-corrected chi connectivity index (χ3v) is 5.42. The largest absolute Gasteiger partial charge is 0.385 e. The van der Waals surface area contributed by atoms with Crippen LogP contribution in [-0.4, -0.2) is 17.2 Å². The molecule has 3 rings (SSSR count). The van der Waals surface area contributed by atoms with Gasteiger partial charge in [0.25, 0.3) is 0 Å². The molecule has 0 aromatic heterocycles. The number of rotatable bonds is 3. The van der Waals surface area contributed by atoms with Crippen LogP contribution in [0.5, 0.6) is 0 Å². The van der Waals surface area contributed by atoms with Gasteiger partial charge in [0.2, 0.25) is 0 Å². The lowest BCUT2D eigenvalue weighted by Crippen LogP contribution is -2.54. The van der Waals surface area contributed by atoms with Crippen LogP contribution in [0.25, 0.3) is 0 Å². The Morgan fingerprint density at radius 2 is 1.62 bits per heavy atom. The predicted molar refractivity (Wildman–Crippen MR) is 87.6 cm³/mol. The van der Waals surface area contributed by atoms with E-state index in [-0.39, 0.29) is 0 Å². The Kier molecular flexibility index (Phi) is 4.11. The summed E-state index contributed by atoms with van der Waals surface area (Å²) in [5, 5.41) is 15.2. The van der Waals surface area contributed by atoms with Gasteiger partial charge < -0.3 is 10.4 Å². The Hall–Kier alpha value is -0.860. The van der Waals surface area contributed by atoms with Gasteiger partial charge in [-0.1, -0.05) is 38.0 Å². The lowest BCUT2D eigenvalue weighted by molar-refractivity contribution is -0.0370. The molecule has 2 unspecified atom stereocenters. The second-order valence-corrected chi connectivity index (χ2v) is 7.10. The van der Waals surface area contributed by atoms with Gasteiger partial charge in [-0.3, -0.25) is 0 Å². The number of nitrogens with one attached hydrogen (secondary N) is 1. The van der Waals surface area contributed by atoms with Crippen molar-refractivity contribution in [3.63, 3.8) is 0 Å². The van der Waals surface area contributed by atoms with Crippen LogP contribution in [0.1, 0.15) is 68.2 Å². The second kappa shape index (κ2) is 5.73. The smallest absolute Gasteiger partial charge is 0.0931 e. The highest BCUT2D eigenvalue weighted by Crippen LogP contribution is 2.42. The molecule has 0 amide bonds. The van der Waals surface area contributed by atoms with Crippen LogP contribution < -0.4 is 5.32 Å². The first-order valence-electron chi connectivity index (χ1n) is 8.67. The van der Waals surface area contributed by atoms with Crippen molar-refractivity contribution in [1.29, 1.82) is 0 Å². The van der Waals surface area contributed by atoms with Crippen molar-refractivity contribution in [1.82, 2.24) is 5.32 Å². The summed E-state index contributed by atoms with van der Waals surface area (Å²) < 4.78 is 0. The van der Waals surface area contributed by atoms with Crippen molar-refractivity contribution in [3.05, 3.63) is 34.4 Å². The minimum absolute atomic E-state index is 0.498. The van der Waals surface area contributed by atoms with Crippen LogP contribution in [-0.2, 0) is 18.4 Å². The molecule has 116 valence electrons. The standard InChI is InChI=1S/C19H29NO/c1-4-14-9-13(3)10-15(5-2)18(14)19(21)11-16-7-6-8-17(12-19)20-16/h9-10,16-17,20-21H,4-8,11-12H2,1-3H3. The van der Waals surface area contributed by atoms with Gasteiger partial charge in [-0.05, 0) is 62.1 Å². The van der Waals surface area contributed by atoms with Crippen LogP contribution >= 0.6 is 0 Å². The first-order chi connectivity index (χ1) is 10.1. The average Bonchev–Trinajstić information content (AvgIpc) is 2.45. The van der Waals surface area contributed by atoms with E-state index in [2.05, 4.69) is 38.2 Å². The monoisotopic (exact) mass is 287 g/mol. The van der Waals surface area contributed by atoms with E-state index >= 15 is 0 Å². The summed E-state index contributed by atoms with van der Waals surface area (Å²) in [7, 11) is 0. The highest BCUT2D eigenvalue weighted by atomic mass is 16.3. The van der Waals surface area contributed by atoms with E-state index < -0.39 is 5.60 Å². The van der Waals surface area contributed by atoms with Crippen LogP contribution in [0, 0.1) is 6.92 Å². The Labute approximate surface area is 129 Å². The molecule has 0 spiro atoms. The van der Waals surface area contributed by atoms with Gasteiger partial charge in [0.15, 0.2) is 0 Å². The van der Waals surface area contributed by atoms with E-state index in [0.29, 0.717) is 12.1 Å². The van der Waals surface area contributed by atoms with E-state index in [1.54, 1.807) is 0 Å². The minimum atomic E-state index is -0.620. The lowest BCUT2D eigenvalue weighted by Gasteiger charge is -2.46. The maximum atomic E-state index is 11.5. The fourth-order valence-corrected chi connectivity index (χ4v) is 4.63. The number of aliphatic hydroxyl groups is 1. The molecule has 2 bridgehead atoms. The second-order valence-electron chi connectivity index (χ2n) is 7.10. The van der Waals surface area contributed by atoms with E-state index in [1.807, 2.05) is 0 Å². The van der Waals surface area contributed by atoms with Crippen LogP contribution in [0.4, 0.5) is 0 Å². The molecule has 0 saturated carbocycles. The summed E-state index contributed by atoms with van der Waals surface area (Å²) in [4.78, 5) is 0. The van der Waals surface area contributed by atoms with Crippen molar-refractivity contribution in [2.24, 2.45) is 0 Å². The summed E-state index contributed by atoms with van der Waals surface area (Å²) in [6.45, 7) is 6.59. The Morgan fingerprint density at radius 3 is 2.10 bits per heavy atom. The fourth-order valence-electron chi connectivity index (χ4n) is 4.63. The fraction of sp³-hybridized carbons (Fsp3) is 0.684. The average molecular weight is 287 g/mol. The van der Waals surface area contributed by atoms with Gasteiger partial charge in [0, 0.05) is 12.1 Å². The molecule has 0 aliphatic carbocycles. The SMILES string of the molecule is CCc1cc(C)cc(CC)c1C1(O)CC2CCCC(C1)N2. The van der Waals surface area contributed by atoms with Gasteiger partial charge in [-0.15, -0.1) is 0 Å². The molecule has 2 N–H and O–H groups in total. The molecule has 2 aliphatic rings. The Balaban J connectivity index is 2.05. The summed E-state index contributed by atoms with van der Waals surface area (Å²) in [5.74, 6) is 0. The highest BCUT2D eigenvalue weighted by molar-refractivity contribution is 5.43. The van der Waals surface area contributed by atoms with Crippen LogP contribution in [0.15, 0.2) is 12.1 Å². The van der Waals surface area contributed by atoms with Gasteiger partial charge in [-0.2, -0.15) is 0 Å². The van der Waals surface area contributed by atoms with Crippen molar-refractivity contribution < 1.29 is 5.11 Å². The van der Waals surface area contributed by atoms with Crippen LogP contribution in [0.3, 0.4) is 0 Å². The van der Waals surface area contributed by atoms with E-state index in [4.69, 9.17) is 0 Å². The van der Waals surface area contributed by atoms with Crippen molar-refractivity contribution in [2.45, 2.75) is 83.4 Å². The maximum absolute atomic E-state index is 11.5. The van der Waals surface area contributed by atoms with Gasteiger partial charge in [0.1, 0.15) is 0 Å². The molecule has 2 fully saturated rings. The molecule has 2 saturated heterocycles. The number of piperidine rings is 2. The van der Waals surface area contributed by atoms with E-state index in [9.17, 15) is 5.11 Å². The third kappa shape index (κ3) is 2.76. The summed E-state index contributed by atoms with van der Waals surface area (Å²) in [5.41, 5.74) is 4.68. The van der Waals surface area contributed by atoms with Crippen molar-refractivity contribution in [3.8, 4) is 0 Å². The van der Waals surface area contributed by atoms with E-state index in [1.165, 1.54) is 41.5 Å². The molecule has 0 radical (unpaired) electrons. The topological polar surface area (TPSA) is 32.3 Å². The number of hydrogen-bond acceptors (Lipinski definition) is 2. The Bertz CT molecular complexity index is 485. The first kappa shape index (κ1) is 15.1. The van der Waals surface area contributed by atoms with Gasteiger partial charge in [-0.25, -0.2) is 0 Å². The summed E-state index contributed by atoms with van der Waals surface area (Å²) >= 11 is 0. The molecule has 1 aromatic carbocycles. The van der Waals surface area contributed by atoms with Crippen LogP contribution in [0.2, 0.25) is 0 Å². The maximum Gasteiger partial charge on any atom is 0.0931 e. The van der Waals surface area contributed by atoms with E-state index in [0.717, 1.165) is 25.7 Å². The molecule has 2 heterocycles. The molecule has 21 heavy (non-hydrogen) atoms. The Morgan fingerprint density at radius 1 is 1.10 bits per heavy atom.